The lowest BCUT2D eigenvalue weighted by atomic mass is 10.2. The van der Waals surface area contributed by atoms with Crippen molar-refractivity contribution in [1.29, 1.82) is 0 Å². The van der Waals surface area contributed by atoms with Crippen molar-refractivity contribution in [2.75, 3.05) is 0 Å². The minimum Gasteiger partial charge on any atom is -0.508 e. The first-order valence-corrected chi connectivity index (χ1v) is 3.01. The molecule has 0 heterocycles. The fourth-order valence-electron chi connectivity index (χ4n) is 1.13. The first-order valence-electron chi connectivity index (χ1n) is 3.01. The first kappa shape index (κ1) is 5.35. The fraction of sp³-hybridized carbons (Fsp3) is 0. The van der Waals surface area contributed by atoms with Gasteiger partial charge in [-0.05, 0) is 23.8 Å². The summed E-state index contributed by atoms with van der Waals surface area (Å²) in [5.74, 6) is 0.441. The second-order valence-corrected chi connectivity index (χ2v) is 2.30. The zero-order valence-corrected chi connectivity index (χ0v) is 5.20. The van der Waals surface area contributed by atoms with Gasteiger partial charge in [0.05, 0.1) is 0 Å². The van der Waals surface area contributed by atoms with E-state index in [1.165, 1.54) is 0 Å². The van der Waals surface area contributed by atoms with Crippen LogP contribution in [0.5, 0.6) is 0 Å². The van der Waals surface area contributed by atoms with Crippen LogP contribution in [-0.2, 0) is 0 Å². The van der Waals surface area contributed by atoms with Gasteiger partial charge in [-0.25, -0.2) is 0 Å². The zero-order valence-electron chi connectivity index (χ0n) is 5.20. The predicted molar refractivity (Wildman–Crippen MR) is 37.6 cm³/mol. The van der Waals surface area contributed by atoms with E-state index < -0.39 is 0 Å². The monoisotopic (exact) mass is 134 g/mol. The van der Waals surface area contributed by atoms with Crippen molar-refractivity contribution in [2.45, 2.75) is 0 Å². The number of aliphatic hydroxyl groups excluding tert-OH is 2. The molecule has 0 fully saturated rings. The number of allylic oxidation sites excluding steroid dienone is 5. The summed E-state index contributed by atoms with van der Waals surface area (Å²) in [6.45, 7) is 0. The molecule has 2 aliphatic carbocycles. The quantitative estimate of drug-likeness (QED) is 0.529. The van der Waals surface area contributed by atoms with Crippen LogP contribution in [0.25, 0.3) is 0 Å². The second-order valence-electron chi connectivity index (χ2n) is 2.30. The van der Waals surface area contributed by atoms with E-state index in [0.717, 1.165) is 11.1 Å². The van der Waals surface area contributed by atoms with Crippen LogP contribution in [0, 0.1) is 0 Å². The summed E-state index contributed by atoms with van der Waals surface area (Å²) in [6, 6.07) is 0. The highest BCUT2D eigenvalue weighted by Gasteiger charge is 2.18. The Balaban J connectivity index is 2.50. The Morgan fingerprint density at radius 3 is 2.50 bits per heavy atom. The molecule has 0 spiro atoms. The molecule has 2 aliphatic rings. The van der Waals surface area contributed by atoms with Crippen LogP contribution >= 0.6 is 0 Å². The maximum absolute atomic E-state index is 9.11. The molecule has 0 aliphatic heterocycles. The van der Waals surface area contributed by atoms with Crippen LogP contribution in [0.3, 0.4) is 0 Å². The van der Waals surface area contributed by atoms with Crippen molar-refractivity contribution < 1.29 is 10.2 Å². The molecule has 2 heteroatoms. The first-order chi connectivity index (χ1) is 4.77. The topological polar surface area (TPSA) is 40.5 Å². The lowest BCUT2D eigenvalue weighted by molar-refractivity contribution is 0.422. The van der Waals surface area contributed by atoms with E-state index in [4.69, 9.17) is 10.2 Å². The van der Waals surface area contributed by atoms with Crippen molar-refractivity contribution >= 4 is 0 Å². The summed E-state index contributed by atoms with van der Waals surface area (Å²) in [5.41, 5.74) is 1.60. The number of aliphatic hydroxyl groups is 2. The van der Waals surface area contributed by atoms with Gasteiger partial charge < -0.3 is 10.2 Å². The zero-order chi connectivity index (χ0) is 7.14. The van der Waals surface area contributed by atoms with E-state index in [2.05, 4.69) is 0 Å². The summed E-state index contributed by atoms with van der Waals surface area (Å²) in [5, 5.41) is 18.1. The molecule has 2 rings (SSSR count). The highest BCUT2D eigenvalue weighted by molar-refractivity contribution is 5.63. The summed E-state index contributed by atoms with van der Waals surface area (Å²) >= 11 is 0. The van der Waals surface area contributed by atoms with Gasteiger partial charge in [-0.2, -0.15) is 0 Å². The molecule has 2 N–H and O–H groups in total. The van der Waals surface area contributed by atoms with Crippen molar-refractivity contribution in [3.63, 3.8) is 0 Å². The number of rotatable bonds is 0. The SMILES string of the molecule is OC1=CC2=CC=C(O)C2=C1. The normalized spacial score (nSPS) is 21.2. The van der Waals surface area contributed by atoms with E-state index in [0.29, 0.717) is 0 Å². The fourth-order valence-corrected chi connectivity index (χ4v) is 1.13. The van der Waals surface area contributed by atoms with Gasteiger partial charge in [-0.3, -0.25) is 0 Å². The van der Waals surface area contributed by atoms with Gasteiger partial charge in [-0.1, -0.05) is 6.08 Å². The van der Waals surface area contributed by atoms with Crippen molar-refractivity contribution in [3.8, 4) is 0 Å². The van der Waals surface area contributed by atoms with Crippen LogP contribution in [0.15, 0.2) is 47.0 Å². The van der Waals surface area contributed by atoms with E-state index >= 15 is 0 Å². The Labute approximate surface area is 58.1 Å². The van der Waals surface area contributed by atoms with Gasteiger partial charge in [0.15, 0.2) is 0 Å². The molecule has 0 saturated carbocycles. The smallest absolute Gasteiger partial charge is 0.123 e. The van der Waals surface area contributed by atoms with Gasteiger partial charge in [0.2, 0.25) is 0 Å². The molecule has 0 aromatic carbocycles. The van der Waals surface area contributed by atoms with Crippen molar-refractivity contribution in [1.82, 2.24) is 0 Å². The number of hydrogen-bond acceptors (Lipinski definition) is 2. The van der Waals surface area contributed by atoms with Gasteiger partial charge in [0.25, 0.3) is 0 Å². The molecule has 2 nitrogen and oxygen atoms in total. The van der Waals surface area contributed by atoms with Crippen LogP contribution in [0.2, 0.25) is 0 Å². The lowest BCUT2D eigenvalue weighted by Gasteiger charge is -1.92. The third kappa shape index (κ3) is 0.530. The highest BCUT2D eigenvalue weighted by Crippen LogP contribution is 2.31. The molecule has 0 aromatic heterocycles. The number of hydrogen-bond donors (Lipinski definition) is 2. The Hall–Kier alpha value is -1.44. The molecular formula is C8H6O2. The average Bonchev–Trinajstić information content (AvgIpc) is 2.35. The summed E-state index contributed by atoms with van der Waals surface area (Å²) in [4.78, 5) is 0. The van der Waals surface area contributed by atoms with Crippen molar-refractivity contribution in [3.05, 3.63) is 47.0 Å². The summed E-state index contributed by atoms with van der Waals surface area (Å²) in [6.07, 6.45) is 6.55. The Morgan fingerprint density at radius 2 is 1.80 bits per heavy atom. The molecule has 0 atom stereocenters. The Morgan fingerprint density at radius 1 is 1.00 bits per heavy atom. The van der Waals surface area contributed by atoms with E-state index in [1.54, 1.807) is 24.3 Å². The molecule has 0 unspecified atom stereocenters. The van der Waals surface area contributed by atoms with E-state index in [-0.39, 0.29) is 11.5 Å². The minimum absolute atomic E-state index is 0.209. The third-order valence-electron chi connectivity index (χ3n) is 1.60. The van der Waals surface area contributed by atoms with E-state index in [9.17, 15) is 0 Å². The second kappa shape index (κ2) is 1.53. The highest BCUT2D eigenvalue weighted by atomic mass is 16.3. The molecule has 10 heavy (non-hydrogen) atoms. The third-order valence-corrected chi connectivity index (χ3v) is 1.60. The Bertz CT molecular complexity index is 297. The maximum atomic E-state index is 9.11. The van der Waals surface area contributed by atoms with Crippen LogP contribution < -0.4 is 0 Å². The van der Waals surface area contributed by atoms with Crippen molar-refractivity contribution in [2.24, 2.45) is 0 Å². The van der Waals surface area contributed by atoms with Gasteiger partial charge in [0, 0.05) is 5.57 Å². The minimum atomic E-state index is 0.209. The lowest BCUT2D eigenvalue weighted by Crippen LogP contribution is -1.80. The molecular weight excluding hydrogens is 128 g/mol. The molecule has 0 saturated heterocycles. The van der Waals surface area contributed by atoms with Crippen LogP contribution in [0.1, 0.15) is 0 Å². The van der Waals surface area contributed by atoms with Gasteiger partial charge in [-0.15, -0.1) is 0 Å². The Kier molecular flexibility index (Phi) is 0.822. The van der Waals surface area contributed by atoms with Crippen LogP contribution in [0.4, 0.5) is 0 Å². The molecule has 0 radical (unpaired) electrons. The predicted octanol–water partition coefficient (Wildman–Crippen LogP) is 1.75. The van der Waals surface area contributed by atoms with E-state index in [1.807, 2.05) is 0 Å². The molecule has 50 valence electrons. The summed E-state index contributed by atoms with van der Waals surface area (Å²) < 4.78 is 0. The molecule has 0 aromatic rings. The molecule has 0 bridgehead atoms. The average molecular weight is 134 g/mol. The number of fused-ring (bicyclic) bond motifs is 1. The van der Waals surface area contributed by atoms with Crippen LogP contribution in [-0.4, -0.2) is 10.2 Å². The standard InChI is InChI=1S/C8H6O2/c9-6-3-5-1-2-8(10)7(5)4-6/h1-4,9-10H. The summed E-state index contributed by atoms with van der Waals surface area (Å²) in [7, 11) is 0. The van der Waals surface area contributed by atoms with Gasteiger partial charge in [0.1, 0.15) is 11.5 Å². The maximum Gasteiger partial charge on any atom is 0.123 e. The van der Waals surface area contributed by atoms with Gasteiger partial charge >= 0.3 is 0 Å². The molecule has 0 amide bonds. The largest absolute Gasteiger partial charge is 0.508 e.